The average Bonchev–Trinajstić information content (AvgIpc) is 3.15. The summed E-state index contributed by atoms with van der Waals surface area (Å²) in [6.07, 6.45) is 2.26. The minimum absolute atomic E-state index is 0.225. The Morgan fingerprint density at radius 2 is 1.84 bits per heavy atom. The maximum atomic E-state index is 11.7. The highest BCUT2D eigenvalue weighted by Gasteiger charge is 2.29. The summed E-state index contributed by atoms with van der Waals surface area (Å²) in [5.74, 6) is 0.307. The first-order chi connectivity index (χ1) is 9.13. The summed E-state index contributed by atoms with van der Waals surface area (Å²) in [5, 5.41) is 3.24. The van der Waals surface area contributed by atoms with Crippen LogP contribution in [0.5, 0.6) is 0 Å². The molecular formula is C14H27NO4. The molecule has 0 aromatic heterocycles. The molecule has 0 aromatic rings. The van der Waals surface area contributed by atoms with E-state index in [1.165, 1.54) is 0 Å². The van der Waals surface area contributed by atoms with E-state index in [2.05, 4.69) is 19.2 Å². The molecule has 1 aliphatic rings. The zero-order valence-electron chi connectivity index (χ0n) is 12.3. The largest absolute Gasteiger partial charge is 0.465 e. The molecule has 0 aliphatic heterocycles. The van der Waals surface area contributed by atoms with Crippen molar-refractivity contribution in [3.63, 3.8) is 0 Å². The van der Waals surface area contributed by atoms with Crippen molar-refractivity contribution in [1.82, 2.24) is 5.32 Å². The van der Waals surface area contributed by atoms with Crippen molar-refractivity contribution in [2.24, 2.45) is 5.92 Å². The summed E-state index contributed by atoms with van der Waals surface area (Å²) in [7, 11) is 0. The number of hydrogen-bond acceptors (Lipinski definition) is 5. The molecule has 0 heterocycles. The van der Waals surface area contributed by atoms with E-state index in [9.17, 15) is 4.79 Å². The standard InChI is InChI=1S/C14H27NO4/c1-4-19-14(16)13(15-12-5-6-12)10-18-8-7-17-9-11(2)3/h11-13,15H,4-10H2,1-3H3. The van der Waals surface area contributed by atoms with Crippen molar-refractivity contribution >= 4 is 5.97 Å². The van der Waals surface area contributed by atoms with Crippen LogP contribution in [0.15, 0.2) is 0 Å². The van der Waals surface area contributed by atoms with Gasteiger partial charge in [-0.3, -0.25) is 10.1 Å². The van der Waals surface area contributed by atoms with Crippen LogP contribution in [0.2, 0.25) is 0 Å². The van der Waals surface area contributed by atoms with Crippen LogP contribution >= 0.6 is 0 Å². The molecule has 0 spiro atoms. The van der Waals surface area contributed by atoms with Gasteiger partial charge in [0, 0.05) is 12.6 Å². The second-order valence-electron chi connectivity index (χ2n) is 5.29. The molecule has 0 radical (unpaired) electrons. The third-order valence-electron chi connectivity index (χ3n) is 2.69. The van der Waals surface area contributed by atoms with Gasteiger partial charge < -0.3 is 14.2 Å². The lowest BCUT2D eigenvalue weighted by atomic mass is 10.2. The second kappa shape index (κ2) is 9.28. The van der Waals surface area contributed by atoms with Gasteiger partial charge in [-0.1, -0.05) is 13.8 Å². The molecule has 1 fully saturated rings. The van der Waals surface area contributed by atoms with Gasteiger partial charge in [0.05, 0.1) is 26.4 Å². The Kier molecular flexibility index (Phi) is 8.02. The highest BCUT2D eigenvalue weighted by atomic mass is 16.5. The predicted molar refractivity (Wildman–Crippen MR) is 73.1 cm³/mol. The van der Waals surface area contributed by atoms with Crippen LogP contribution in [0.1, 0.15) is 33.6 Å². The number of rotatable bonds is 11. The van der Waals surface area contributed by atoms with Gasteiger partial charge in [-0.2, -0.15) is 0 Å². The highest BCUT2D eigenvalue weighted by Crippen LogP contribution is 2.19. The van der Waals surface area contributed by atoms with Gasteiger partial charge in [0.25, 0.3) is 0 Å². The van der Waals surface area contributed by atoms with E-state index >= 15 is 0 Å². The SMILES string of the molecule is CCOC(=O)C(COCCOCC(C)C)NC1CC1. The number of carbonyl (C=O) groups is 1. The highest BCUT2D eigenvalue weighted by molar-refractivity contribution is 5.76. The summed E-state index contributed by atoms with van der Waals surface area (Å²) in [6.45, 7) is 8.60. The third kappa shape index (κ3) is 8.18. The normalized spacial score (nSPS) is 16.6. The lowest BCUT2D eigenvalue weighted by molar-refractivity contribution is -0.147. The first kappa shape index (κ1) is 16.4. The molecule has 19 heavy (non-hydrogen) atoms. The summed E-state index contributed by atoms with van der Waals surface area (Å²) in [5.41, 5.74) is 0. The van der Waals surface area contributed by atoms with Gasteiger partial charge in [-0.25, -0.2) is 0 Å². The van der Waals surface area contributed by atoms with E-state index in [4.69, 9.17) is 14.2 Å². The van der Waals surface area contributed by atoms with Crippen LogP contribution in [0, 0.1) is 5.92 Å². The fraction of sp³-hybridized carbons (Fsp3) is 0.929. The molecule has 112 valence electrons. The number of carbonyl (C=O) groups excluding carboxylic acids is 1. The van der Waals surface area contributed by atoms with Crippen LogP contribution < -0.4 is 5.32 Å². The summed E-state index contributed by atoms with van der Waals surface area (Å²) in [4.78, 5) is 11.7. The Balaban J connectivity index is 2.11. The first-order valence-electron chi connectivity index (χ1n) is 7.21. The van der Waals surface area contributed by atoms with Crippen molar-refractivity contribution in [3.05, 3.63) is 0 Å². The number of esters is 1. The molecule has 1 aliphatic carbocycles. The van der Waals surface area contributed by atoms with Crippen LogP contribution in [0.3, 0.4) is 0 Å². The van der Waals surface area contributed by atoms with Crippen LogP contribution in [0.4, 0.5) is 0 Å². The van der Waals surface area contributed by atoms with Gasteiger partial charge >= 0.3 is 5.97 Å². The van der Waals surface area contributed by atoms with Crippen molar-refractivity contribution in [1.29, 1.82) is 0 Å². The van der Waals surface area contributed by atoms with E-state index in [1.54, 1.807) is 0 Å². The Labute approximate surface area is 116 Å². The van der Waals surface area contributed by atoms with Crippen LogP contribution in [-0.4, -0.2) is 51.1 Å². The average molecular weight is 273 g/mol. The second-order valence-corrected chi connectivity index (χ2v) is 5.29. The quantitative estimate of drug-likeness (QED) is 0.455. The molecule has 1 unspecified atom stereocenters. The van der Waals surface area contributed by atoms with E-state index in [0.717, 1.165) is 19.4 Å². The molecular weight excluding hydrogens is 246 g/mol. The zero-order valence-corrected chi connectivity index (χ0v) is 12.3. The summed E-state index contributed by atoms with van der Waals surface area (Å²) < 4.78 is 15.9. The minimum atomic E-state index is -0.349. The van der Waals surface area contributed by atoms with Gasteiger partial charge in [0.15, 0.2) is 0 Å². The maximum Gasteiger partial charge on any atom is 0.325 e. The van der Waals surface area contributed by atoms with E-state index in [-0.39, 0.29) is 12.0 Å². The van der Waals surface area contributed by atoms with Crippen LogP contribution in [-0.2, 0) is 19.0 Å². The van der Waals surface area contributed by atoms with Gasteiger partial charge in [0.1, 0.15) is 6.04 Å². The van der Waals surface area contributed by atoms with E-state index in [0.29, 0.717) is 38.4 Å². The number of hydrogen-bond donors (Lipinski definition) is 1. The Hall–Kier alpha value is -0.650. The van der Waals surface area contributed by atoms with Gasteiger partial charge in [0.2, 0.25) is 0 Å². The minimum Gasteiger partial charge on any atom is -0.465 e. The fourth-order valence-electron chi connectivity index (χ4n) is 1.60. The molecule has 1 saturated carbocycles. The Morgan fingerprint density at radius 1 is 1.21 bits per heavy atom. The zero-order chi connectivity index (χ0) is 14.1. The molecule has 0 saturated heterocycles. The summed E-state index contributed by atoms with van der Waals surface area (Å²) in [6, 6.07) is 0.104. The van der Waals surface area contributed by atoms with Gasteiger partial charge in [-0.05, 0) is 25.7 Å². The number of nitrogens with one attached hydrogen (secondary N) is 1. The lowest BCUT2D eigenvalue weighted by Gasteiger charge is -2.17. The predicted octanol–water partition coefficient (Wildman–Crippen LogP) is 1.36. The molecule has 1 N–H and O–H groups in total. The van der Waals surface area contributed by atoms with Crippen molar-refractivity contribution in [2.75, 3.05) is 33.0 Å². The van der Waals surface area contributed by atoms with E-state index in [1.807, 2.05) is 6.92 Å². The topological polar surface area (TPSA) is 56.8 Å². The smallest absolute Gasteiger partial charge is 0.325 e. The fourth-order valence-corrected chi connectivity index (χ4v) is 1.60. The lowest BCUT2D eigenvalue weighted by Crippen LogP contribution is -2.43. The van der Waals surface area contributed by atoms with Gasteiger partial charge in [-0.15, -0.1) is 0 Å². The van der Waals surface area contributed by atoms with Crippen LogP contribution in [0.25, 0.3) is 0 Å². The maximum absolute atomic E-state index is 11.7. The molecule has 1 rings (SSSR count). The van der Waals surface area contributed by atoms with Crippen molar-refractivity contribution in [2.45, 2.75) is 45.7 Å². The molecule has 5 nitrogen and oxygen atoms in total. The molecule has 1 atom stereocenters. The molecule has 5 heteroatoms. The van der Waals surface area contributed by atoms with E-state index < -0.39 is 0 Å². The third-order valence-corrected chi connectivity index (χ3v) is 2.69. The Morgan fingerprint density at radius 3 is 2.37 bits per heavy atom. The molecule has 0 aromatic carbocycles. The first-order valence-corrected chi connectivity index (χ1v) is 7.21. The Bertz CT molecular complexity index is 254. The summed E-state index contributed by atoms with van der Waals surface area (Å²) >= 11 is 0. The number of ether oxygens (including phenoxy) is 3. The molecule has 0 bridgehead atoms. The molecule has 0 amide bonds. The monoisotopic (exact) mass is 273 g/mol. The van der Waals surface area contributed by atoms with Crippen molar-refractivity contribution < 1.29 is 19.0 Å². The van der Waals surface area contributed by atoms with Crippen molar-refractivity contribution in [3.8, 4) is 0 Å².